The molecule has 0 N–H and O–H groups in total. The van der Waals surface area contributed by atoms with Crippen molar-refractivity contribution >= 4 is 5.91 Å². The molecule has 3 rings (SSSR count). The SMILES string of the molecule is COc1cc(C(=O)N2CCN(C)C[C@@H]2c2ccccc2)ccc1OC(F)F. The Morgan fingerprint density at radius 2 is 1.85 bits per heavy atom. The fourth-order valence-electron chi connectivity index (χ4n) is 3.28. The number of methoxy groups -OCH3 is 1. The minimum absolute atomic E-state index is 0.0829. The van der Waals surface area contributed by atoms with E-state index in [0.29, 0.717) is 12.1 Å². The second kappa shape index (κ2) is 8.35. The summed E-state index contributed by atoms with van der Waals surface area (Å²) in [5.74, 6) is -0.160. The highest BCUT2D eigenvalue weighted by atomic mass is 19.3. The number of ether oxygens (including phenoxy) is 2. The largest absolute Gasteiger partial charge is 0.493 e. The van der Waals surface area contributed by atoms with Gasteiger partial charge in [0, 0.05) is 25.2 Å². The summed E-state index contributed by atoms with van der Waals surface area (Å²) in [7, 11) is 3.38. The molecule has 0 spiro atoms. The molecule has 1 amide bonds. The first-order valence-electron chi connectivity index (χ1n) is 8.67. The number of benzene rings is 2. The normalized spacial score (nSPS) is 17.8. The van der Waals surface area contributed by atoms with Crippen molar-refractivity contribution in [2.24, 2.45) is 0 Å². The van der Waals surface area contributed by atoms with Crippen LogP contribution in [-0.2, 0) is 0 Å². The number of piperazine rings is 1. The van der Waals surface area contributed by atoms with E-state index in [0.717, 1.165) is 18.7 Å². The molecule has 144 valence electrons. The van der Waals surface area contributed by atoms with Gasteiger partial charge >= 0.3 is 6.61 Å². The number of hydrogen-bond donors (Lipinski definition) is 0. The minimum atomic E-state index is -2.96. The van der Waals surface area contributed by atoms with E-state index in [2.05, 4.69) is 9.64 Å². The summed E-state index contributed by atoms with van der Waals surface area (Å²) in [4.78, 5) is 17.2. The fourth-order valence-corrected chi connectivity index (χ4v) is 3.28. The van der Waals surface area contributed by atoms with Crippen LogP contribution in [0.5, 0.6) is 11.5 Å². The Balaban J connectivity index is 1.89. The highest BCUT2D eigenvalue weighted by Crippen LogP contribution is 2.32. The third-order valence-electron chi connectivity index (χ3n) is 4.66. The lowest BCUT2D eigenvalue weighted by atomic mass is 10.0. The van der Waals surface area contributed by atoms with Gasteiger partial charge in [0.15, 0.2) is 11.5 Å². The lowest BCUT2D eigenvalue weighted by Crippen LogP contribution is -2.49. The molecule has 0 aliphatic carbocycles. The van der Waals surface area contributed by atoms with Crippen molar-refractivity contribution in [3.63, 3.8) is 0 Å². The molecular weight excluding hydrogens is 354 g/mol. The number of carbonyl (C=O) groups excluding carboxylic acids is 1. The highest BCUT2D eigenvalue weighted by Gasteiger charge is 2.31. The van der Waals surface area contributed by atoms with Gasteiger partial charge in [-0.05, 0) is 30.8 Å². The predicted octanol–water partition coefficient (Wildman–Crippen LogP) is 3.43. The van der Waals surface area contributed by atoms with Crippen molar-refractivity contribution in [2.45, 2.75) is 12.7 Å². The van der Waals surface area contributed by atoms with Crippen molar-refractivity contribution < 1.29 is 23.0 Å². The van der Waals surface area contributed by atoms with Gasteiger partial charge < -0.3 is 19.3 Å². The number of likely N-dealkylation sites (N-methyl/N-ethyl adjacent to an activating group) is 1. The summed E-state index contributed by atoms with van der Waals surface area (Å²) < 4.78 is 34.6. The molecule has 0 unspecified atom stereocenters. The molecule has 1 heterocycles. The van der Waals surface area contributed by atoms with Crippen molar-refractivity contribution in [2.75, 3.05) is 33.8 Å². The number of halogens is 2. The number of rotatable bonds is 5. The second-order valence-corrected chi connectivity index (χ2v) is 6.43. The third-order valence-corrected chi connectivity index (χ3v) is 4.66. The van der Waals surface area contributed by atoms with Crippen LogP contribution in [0.15, 0.2) is 48.5 Å². The van der Waals surface area contributed by atoms with E-state index in [9.17, 15) is 13.6 Å². The molecule has 7 heteroatoms. The highest BCUT2D eigenvalue weighted by molar-refractivity contribution is 5.95. The molecule has 1 aliphatic heterocycles. The summed E-state index contributed by atoms with van der Waals surface area (Å²) in [5, 5.41) is 0. The maximum absolute atomic E-state index is 13.2. The van der Waals surface area contributed by atoms with E-state index < -0.39 is 6.61 Å². The Hall–Kier alpha value is -2.67. The van der Waals surface area contributed by atoms with E-state index >= 15 is 0 Å². The molecule has 1 saturated heterocycles. The quantitative estimate of drug-likeness (QED) is 0.802. The standard InChI is InChI=1S/C20H22F2N2O3/c1-23-10-11-24(16(13-23)14-6-4-3-5-7-14)19(25)15-8-9-17(27-20(21)22)18(12-15)26-2/h3-9,12,16,20H,10-11,13H2,1-2H3/t16-/m1/s1. The zero-order valence-electron chi connectivity index (χ0n) is 15.3. The molecule has 0 bridgehead atoms. The van der Waals surface area contributed by atoms with Gasteiger partial charge in [-0.1, -0.05) is 30.3 Å². The van der Waals surface area contributed by atoms with Crippen LogP contribution in [0.25, 0.3) is 0 Å². The van der Waals surface area contributed by atoms with Crippen LogP contribution in [0.2, 0.25) is 0 Å². The van der Waals surface area contributed by atoms with Gasteiger partial charge in [-0.25, -0.2) is 0 Å². The summed E-state index contributed by atoms with van der Waals surface area (Å²) in [6.07, 6.45) is 0. The number of hydrogen-bond acceptors (Lipinski definition) is 4. The maximum atomic E-state index is 13.2. The molecular formula is C20H22F2N2O3. The predicted molar refractivity (Wildman–Crippen MR) is 97.3 cm³/mol. The molecule has 27 heavy (non-hydrogen) atoms. The first kappa shape index (κ1) is 19.1. The molecule has 1 aliphatic rings. The Morgan fingerprint density at radius 1 is 1.11 bits per heavy atom. The number of alkyl halides is 2. The van der Waals surface area contributed by atoms with Crippen LogP contribution in [-0.4, -0.2) is 56.1 Å². The zero-order chi connectivity index (χ0) is 19.4. The van der Waals surface area contributed by atoms with Gasteiger partial charge in [0.2, 0.25) is 0 Å². The fraction of sp³-hybridized carbons (Fsp3) is 0.350. The molecule has 2 aromatic rings. The topological polar surface area (TPSA) is 42.0 Å². The van der Waals surface area contributed by atoms with Gasteiger partial charge in [0.05, 0.1) is 13.2 Å². The monoisotopic (exact) mass is 376 g/mol. The maximum Gasteiger partial charge on any atom is 0.387 e. The first-order valence-corrected chi connectivity index (χ1v) is 8.67. The van der Waals surface area contributed by atoms with E-state index in [1.54, 1.807) is 0 Å². The summed E-state index contributed by atoms with van der Waals surface area (Å²) in [6.45, 7) is -0.898. The van der Waals surface area contributed by atoms with Crippen molar-refractivity contribution in [1.29, 1.82) is 0 Å². The summed E-state index contributed by atoms with van der Waals surface area (Å²) in [6, 6.07) is 14.0. The van der Waals surface area contributed by atoms with Crippen molar-refractivity contribution in [3.05, 3.63) is 59.7 Å². The lowest BCUT2D eigenvalue weighted by Gasteiger charge is -2.40. The van der Waals surface area contributed by atoms with Crippen LogP contribution in [0, 0.1) is 0 Å². The summed E-state index contributed by atoms with van der Waals surface area (Å²) in [5.41, 5.74) is 1.43. The Labute approximate surface area is 157 Å². The average Bonchev–Trinajstić information content (AvgIpc) is 2.68. The molecule has 0 radical (unpaired) electrons. The van der Waals surface area contributed by atoms with Gasteiger partial charge in [0.25, 0.3) is 5.91 Å². The van der Waals surface area contributed by atoms with Crippen LogP contribution < -0.4 is 9.47 Å². The molecule has 2 aromatic carbocycles. The van der Waals surface area contributed by atoms with E-state index in [4.69, 9.17) is 4.74 Å². The molecule has 1 fully saturated rings. The first-order chi connectivity index (χ1) is 13.0. The third kappa shape index (κ3) is 4.36. The van der Waals surface area contributed by atoms with Crippen LogP contribution in [0.1, 0.15) is 22.0 Å². The summed E-state index contributed by atoms with van der Waals surface area (Å²) >= 11 is 0. The zero-order valence-corrected chi connectivity index (χ0v) is 15.3. The molecule has 0 saturated carbocycles. The number of nitrogens with zero attached hydrogens (tertiary/aromatic N) is 2. The Morgan fingerprint density at radius 3 is 2.52 bits per heavy atom. The second-order valence-electron chi connectivity index (χ2n) is 6.43. The van der Waals surface area contributed by atoms with Gasteiger partial charge in [-0.3, -0.25) is 4.79 Å². The van der Waals surface area contributed by atoms with E-state index in [-0.39, 0.29) is 23.4 Å². The van der Waals surface area contributed by atoms with Crippen LogP contribution >= 0.6 is 0 Å². The Kier molecular flexibility index (Phi) is 5.91. The molecule has 0 aromatic heterocycles. The van der Waals surface area contributed by atoms with Crippen molar-refractivity contribution in [1.82, 2.24) is 9.80 Å². The molecule has 5 nitrogen and oxygen atoms in total. The molecule has 1 atom stereocenters. The van der Waals surface area contributed by atoms with Gasteiger partial charge in [0.1, 0.15) is 0 Å². The van der Waals surface area contributed by atoms with Gasteiger partial charge in [-0.15, -0.1) is 0 Å². The number of carbonyl (C=O) groups is 1. The minimum Gasteiger partial charge on any atom is -0.493 e. The Bertz CT molecular complexity index is 786. The van der Waals surface area contributed by atoms with E-state index in [1.165, 1.54) is 25.3 Å². The smallest absolute Gasteiger partial charge is 0.387 e. The van der Waals surface area contributed by atoms with Crippen molar-refractivity contribution in [3.8, 4) is 11.5 Å². The van der Waals surface area contributed by atoms with Crippen LogP contribution in [0.4, 0.5) is 8.78 Å². The van der Waals surface area contributed by atoms with Crippen LogP contribution in [0.3, 0.4) is 0 Å². The van der Waals surface area contributed by atoms with Gasteiger partial charge in [-0.2, -0.15) is 8.78 Å². The van der Waals surface area contributed by atoms with E-state index in [1.807, 2.05) is 42.3 Å². The number of amides is 1. The average molecular weight is 376 g/mol. The lowest BCUT2D eigenvalue weighted by molar-refractivity contribution is -0.0512.